The number of aryl methyl sites for hydroxylation is 2. The second kappa shape index (κ2) is 6.30. The first-order valence-electron chi connectivity index (χ1n) is 6.59. The zero-order chi connectivity index (χ0) is 15.6. The third-order valence-corrected chi connectivity index (χ3v) is 3.72. The Bertz CT molecular complexity index is 694. The van der Waals surface area contributed by atoms with Gasteiger partial charge >= 0.3 is 0 Å². The molecule has 0 radical (unpaired) electrons. The zero-order valence-corrected chi connectivity index (χ0v) is 13.7. The van der Waals surface area contributed by atoms with Gasteiger partial charge in [-0.15, -0.1) is 0 Å². The van der Waals surface area contributed by atoms with E-state index in [4.69, 9.17) is 10.00 Å². The summed E-state index contributed by atoms with van der Waals surface area (Å²) in [6, 6.07) is 11.3. The summed E-state index contributed by atoms with van der Waals surface area (Å²) in [7, 11) is 0. The fraction of sp³-hybridized carbons (Fsp3) is 0.235. The van der Waals surface area contributed by atoms with Crippen LogP contribution in [0.4, 0.5) is 0 Å². The van der Waals surface area contributed by atoms with Gasteiger partial charge in [-0.1, -0.05) is 15.9 Å². The van der Waals surface area contributed by atoms with Crippen molar-refractivity contribution in [1.82, 2.24) is 0 Å². The molecule has 2 aromatic carbocycles. The summed E-state index contributed by atoms with van der Waals surface area (Å²) in [4.78, 5) is 0. The molecule has 0 aliphatic heterocycles. The number of nitriles is 1. The van der Waals surface area contributed by atoms with Crippen molar-refractivity contribution in [3.63, 3.8) is 0 Å². The molecule has 1 atom stereocenters. The molecule has 1 unspecified atom stereocenters. The van der Waals surface area contributed by atoms with Gasteiger partial charge < -0.3 is 9.84 Å². The molecule has 4 heteroatoms. The number of nitrogens with zero attached hydrogens (tertiary/aromatic N) is 1. The summed E-state index contributed by atoms with van der Waals surface area (Å²) in [6.07, 6.45) is -0.628. The molecule has 0 aromatic heterocycles. The van der Waals surface area contributed by atoms with Gasteiger partial charge in [0.25, 0.3) is 0 Å². The number of halogens is 1. The van der Waals surface area contributed by atoms with E-state index in [0.717, 1.165) is 21.3 Å². The lowest BCUT2D eigenvalue weighted by Gasteiger charge is -2.17. The lowest BCUT2D eigenvalue weighted by Crippen LogP contribution is -1.99. The predicted molar refractivity (Wildman–Crippen MR) is 85.5 cm³/mol. The molecule has 0 aliphatic carbocycles. The van der Waals surface area contributed by atoms with Crippen LogP contribution in [0.25, 0.3) is 0 Å². The molecule has 0 aliphatic rings. The van der Waals surface area contributed by atoms with E-state index in [9.17, 15) is 5.11 Å². The Hall–Kier alpha value is -1.83. The molecule has 0 saturated carbocycles. The van der Waals surface area contributed by atoms with Gasteiger partial charge in [0.1, 0.15) is 11.5 Å². The van der Waals surface area contributed by atoms with Gasteiger partial charge in [0, 0.05) is 10.0 Å². The Morgan fingerprint density at radius 2 is 1.81 bits per heavy atom. The summed E-state index contributed by atoms with van der Waals surface area (Å²) in [6.45, 7) is 5.52. The lowest BCUT2D eigenvalue weighted by atomic mass is 10.1. The molecule has 2 rings (SSSR count). The Balaban J connectivity index is 2.46. The first-order valence-corrected chi connectivity index (χ1v) is 7.38. The van der Waals surface area contributed by atoms with Crippen LogP contribution in [0.3, 0.4) is 0 Å². The molecule has 0 fully saturated rings. The van der Waals surface area contributed by atoms with Crippen LogP contribution in [0.1, 0.15) is 35.3 Å². The van der Waals surface area contributed by atoms with Gasteiger partial charge in [0.2, 0.25) is 0 Å². The van der Waals surface area contributed by atoms with Crippen LogP contribution in [0.15, 0.2) is 34.8 Å². The number of rotatable bonds is 3. The quantitative estimate of drug-likeness (QED) is 0.870. The molecule has 2 aromatic rings. The van der Waals surface area contributed by atoms with Crippen molar-refractivity contribution in [1.29, 1.82) is 5.26 Å². The highest BCUT2D eigenvalue weighted by atomic mass is 79.9. The van der Waals surface area contributed by atoms with Gasteiger partial charge in [0.05, 0.1) is 17.7 Å². The summed E-state index contributed by atoms with van der Waals surface area (Å²) in [5.41, 5.74) is 3.12. The molecule has 0 amide bonds. The molecule has 0 heterocycles. The fourth-order valence-electron chi connectivity index (χ4n) is 2.22. The monoisotopic (exact) mass is 345 g/mol. The van der Waals surface area contributed by atoms with Gasteiger partial charge in [0.15, 0.2) is 0 Å². The Kier molecular flexibility index (Phi) is 4.66. The van der Waals surface area contributed by atoms with E-state index < -0.39 is 6.10 Å². The summed E-state index contributed by atoms with van der Waals surface area (Å²) >= 11 is 3.40. The van der Waals surface area contributed by atoms with E-state index in [1.54, 1.807) is 19.1 Å². The molecule has 21 heavy (non-hydrogen) atoms. The summed E-state index contributed by atoms with van der Waals surface area (Å²) in [5.74, 6) is 1.34. The van der Waals surface area contributed by atoms with Crippen molar-refractivity contribution < 1.29 is 9.84 Å². The molecule has 0 spiro atoms. The zero-order valence-electron chi connectivity index (χ0n) is 12.1. The first-order chi connectivity index (χ1) is 9.92. The van der Waals surface area contributed by atoms with E-state index >= 15 is 0 Å². The van der Waals surface area contributed by atoms with Crippen molar-refractivity contribution in [3.8, 4) is 17.6 Å². The van der Waals surface area contributed by atoms with Gasteiger partial charge in [-0.05, 0) is 62.2 Å². The van der Waals surface area contributed by atoms with Crippen molar-refractivity contribution in [2.45, 2.75) is 26.9 Å². The average Bonchev–Trinajstić information content (AvgIpc) is 2.43. The van der Waals surface area contributed by atoms with Crippen LogP contribution in [0.5, 0.6) is 11.5 Å². The Morgan fingerprint density at radius 3 is 2.33 bits per heavy atom. The van der Waals surface area contributed by atoms with Gasteiger partial charge in [-0.25, -0.2) is 0 Å². The molecule has 0 saturated heterocycles. The maximum Gasteiger partial charge on any atom is 0.133 e. The Morgan fingerprint density at radius 1 is 1.19 bits per heavy atom. The minimum atomic E-state index is -0.628. The molecular weight excluding hydrogens is 330 g/mol. The van der Waals surface area contributed by atoms with Crippen molar-refractivity contribution in [2.24, 2.45) is 0 Å². The average molecular weight is 346 g/mol. The predicted octanol–water partition coefficient (Wildman–Crippen LogP) is 4.78. The number of aliphatic hydroxyl groups excluding tert-OH is 1. The second-order valence-electron chi connectivity index (χ2n) is 5.01. The van der Waals surface area contributed by atoms with Gasteiger partial charge in [-0.3, -0.25) is 0 Å². The number of hydrogen-bond acceptors (Lipinski definition) is 3. The van der Waals surface area contributed by atoms with Crippen LogP contribution >= 0.6 is 15.9 Å². The van der Waals surface area contributed by atoms with Crippen molar-refractivity contribution in [3.05, 3.63) is 57.1 Å². The number of aliphatic hydroxyl groups is 1. The first kappa shape index (κ1) is 15.6. The molecule has 0 bridgehead atoms. The lowest BCUT2D eigenvalue weighted by molar-refractivity contribution is 0.195. The standard InChI is InChI=1S/C17H16BrNO2/c1-10-6-13(9-19)7-11(2)17(10)21-16-5-4-14(18)8-15(16)12(3)20/h4-8,12,20H,1-3H3. The number of ether oxygens (including phenoxy) is 1. The normalized spacial score (nSPS) is 11.8. The van der Waals surface area contributed by atoms with Crippen molar-refractivity contribution in [2.75, 3.05) is 0 Å². The molecule has 108 valence electrons. The third kappa shape index (κ3) is 3.44. The minimum Gasteiger partial charge on any atom is -0.456 e. The highest BCUT2D eigenvalue weighted by Gasteiger charge is 2.14. The van der Waals surface area contributed by atoms with Crippen LogP contribution in [0, 0.1) is 25.2 Å². The Labute approximate surface area is 132 Å². The minimum absolute atomic E-state index is 0.615. The topological polar surface area (TPSA) is 53.2 Å². The number of hydrogen-bond donors (Lipinski definition) is 1. The SMILES string of the molecule is Cc1cc(C#N)cc(C)c1Oc1ccc(Br)cc1C(C)O. The van der Waals surface area contributed by atoms with Gasteiger partial charge in [-0.2, -0.15) is 5.26 Å². The van der Waals surface area contributed by atoms with Crippen LogP contribution in [-0.4, -0.2) is 5.11 Å². The number of benzene rings is 2. The van der Waals surface area contributed by atoms with Crippen LogP contribution in [0.2, 0.25) is 0 Å². The van der Waals surface area contributed by atoms with Crippen LogP contribution in [-0.2, 0) is 0 Å². The molecule has 1 N–H and O–H groups in total. The smallest absolute Gasteiger partial charge is 0.133 e. The maximum absolute atomic E-state index is 9.88. The summed E-state index contributed by atoms with van der Waals surface area (Å²) in [5, 5.41) is 18.9. The summed E-state index contributed by atoms with van der Waals surface area (Å²) < 4.78 is 6.88. The fourth-order valence-corrected chi connectivity index (χ4v) is 2.60. The third-order valence-electron chi connectivity index (χ3n) is 3.22. The van der Waals surface area contributed by atoms with E-state index in [0.29, 0.717) is 16.9 Å². The molecular formula is C17H16BrNO2. The maximum atomic E-state index is 9.88. The van der Waals surface area contributed by atoms with E-state index in [1.807, 2.05) is 32.0 Å². The van der Waals surface area contributed by atoms with E-state index in [1.165, 1.54) is 0 Å². The highest BCUT2D eigenvalue weighted by Crippen LogP contribution is 2.35. The molecule has 3 nitrogen and oxygen atoms in total. The highest BCUT2D eigenvalue weighted by molar-refractivity contribution is 9.10. The van der Waals surface area contributed by atoms with Crippen molar-refractivity contribution >= 4 is 15.9 Å². The van der Waals surface area contributed by atoms with Crippen LogP contribution < -0.4 is 4.74 Å². The van der Waals surface area contributed by atoms with E-state index in [2.05, 4.69) is 22.0 Å². The largest absolute Gasteiger partial charge is 0.456 e. The second-order valence-corrected chi connectivity index (χ2v) is 5.93. The van der Waals surface area contributed by atoms with E-state index in [-0.39, 0.29) is 0 Å².